The average Bonchev–Trinajstić information content (AvgIpc) is 2.83. The molecule has 170 valence electrons. The highest BCUT2D eigenvalue weighted by molar-refractivity contribution is 9.10. The Morgan fingerprint density at radius 1 is 0.909 bits per heavy atom. The third kappa shape index (κ3) is 5.48. The third-order valence-corrected chi connectivity index (χ3v) is 6.43. The van der Waals surface area contributed by atoms with Crippen molar-refractivity contribution in [3.05, 3.63) is 76.3 Å². The van der Waals surface area contributed by atoms with Crippen molar-refractivity contribution in [2.24, 2.45) is 0 Å². The van der Waals surface area contributed by atoms with E-state index in [4.69, 9.17) is 18.4 Å². The molecule has 0 heterocycles. The van der Waals surface area contributed by atoms with E-state index in [1.165, 1.54) is 33.5 Å². The number of ether oxygens (including phenoxy) is 3. The lowest BCUT2D eigenvalue weighted by molar-refractivity contribution is 0.355. The van der Waals surface area contributed by atoms with Gasteiger partial charge in [0.2, 0.25) is 0 Å². The van der Waals surface area contributed by atoms with Crippen molar-refractivity contribution >= 4 is 37.7 Å². The summed E-state index contributed by atoms with van der Waals surface area (Å²) in [7, 11) is 0.377. The van der Waals surface area contributed by atoms with Gasteiger partial charge in [-0.15, -0.1) is 0 Å². The van der Waals surface area contributed by atoms with Gasteiger partial charge in [-0.1, -0.05) is 18.2 Å². The lowest BCUT2D eigenvalue weighted by Crippen LogP contribution is -2.10. The lowest BCUT2D eigenvalue weighted by atomic mass is 10.0. The highest BCUT2D eigenvalue weighted by Crippen LogP contribution is 2.39. The second-order valence-corrected chi connectivity index (χ2v) is 9.02. The molecule has 0 bridgehead atoms. The molecule has 3 rings (SSSR count). The predicted octanol–water partition coefficient (Wildman–Crippen LogP) is 5.31. The number of rotatable bonds is 8. The van der Waals surface area contributed by atoms with Crippen molar-refractivity contribution in [1.82, 2.24) is 0 Å². The minimum Gasteiger partial charge on any atom is -0.493 e. The average molecular weight is 530 g/mol. The van der Waals surface area contributed by atoms with Crippen LogP contribution in [0.1, 0.15) is 11.1 Å². The summed E-state index contributed by atoms with van der Waals surface area (Å²) in [6.45, 7) is 0. The van der Waals surface area contributed by atoms with E-state index in [1.54, 1.807) is 54.6 Å². The Labute approximate surface area is 201 Å². The van der Waals surface area contributed by atoms with Crippen LogP contribution in [0.25, 0.3) is 11.6 Å². The summed E-state index contributed by atoms with van der Waals surface area (Å²) >= 11 is 3.36. The molecule has 0 fully saturated rings. The summed E-state index contributed by atoms with van der Waals surface area (Å²) in [5.41, 5.74) is 1.57. The number of allylic oxidation sites excluding steroid dienone is 1. The molecule has 0 aliphatic heterocycles. The van der Waals surface area contributed by atoms with E-state index in [9.17, 15) is 13.7 Å². The first kappa shape index (κ1) is 24.2. The van der Waals surface area contributed by atoms with Gasteiger partial charge in [0, 0.05) is 0 Å². The number of hydrogen-bond donors (Lipinski definition) is 0. The van der Waals surface area contributed by atoms with Crippen molar-refractivity contribution < 1.29 is 26.8 Å². The van der Waals surface area contributed by atoms with Crippen LogP contribution >= 0.6 is 15.9 Å². The molecule has 9 heteroatoms. The summed E-state index contributed by atoms with van der Waals surface area (Å²) in [6, 6.07) is 18.3. The molecule has 7 nitrogen and oxygen atoms in total. The van der Waals surface area contributed by atoms with Gasteiger partial charge in [-0.2, -0.15) is 13.7 Å². The number of benzene rings is 3. The van der Waals surface area contributed by atoms with Crippen LogP contribution in [0.3, 0.4) is 0 Å². The van der Waals surface area contributed by atoms with Crippen molar-refractivity contribution in [1.29, 1.82) is 5.26 Å². The highest BCUT2D eigenvalue weighted by Gasteiger charge is 2.22. The number of hydrogen-bond acceptors (Lipinski definition) is 7. The van der Waals surface area contributed by atoms with E-state index >= 15 is 0 Å². The zero-order valence-electron chi connectivity index (χ0n) is 18.0. The van der Waals surface area contributed by atoms with E-state index < -0.39 is 10.1 Å². The monoisotopic (exact) mass is 529 g/mol. The Bertz CT molecular complexity index is 1330. The van der Waals surface area contributed by atoms with E-state index in [1.807, 2.05) is 0 Å². The van der Waals surface area contributed by atoms with Crippen LogP contribution in [0.2, 0.25) is 0 Å². The predicted molar refractivity (Wildman–Crippen MR) is 128 cm³/mol. The quantitative estimate of drug-likeness (QED) is 0.221. The van der Waals surface area contributed by atoms with Gasteiger partial charge in [0.15, 0.2) is 23.0 Å². The molecule has 0 saturated heterocycles. The Balaban J connectivity index is 2.01. The van der Waals surface area contributed by atoms with Gasteiger partial charge >= 0.3 is 10.1 Å². The third-order valence-electron chi connectivity index (χ3n) is 4.60. The molecule has 0 N–H and O–H groups in total. The maximum absolute atomic E-state index is 12.7. The van der Waals surface area contributed by atoms with Gasteiger partial charge < -0.3 is 18.4 Å². The second-order valence-electron chi connectivity index (χ2n) is 6.62. The summed E-state index contributed by atoms with van der Waals surface area (Å²) in [4.78, 5) is 0.0168. The Hall–Kier alpha value is -3.48. The second kappa shape index (κ2) is 10.4. The lowest BCUT2D eigenvalue weighted by Gasteiger charge is -2.14. The molecule has 0 saturated carbocycles. The fraction of sp³-hybridized carbons (Fsp3) is 0.125. The number of nitrogens with zero attached hydrogens (tertiary/aromatic N) is 1. The van der Waals surface area contributed by atoms with Crippen molar-refractivity contribution in [3.63, 3.8) is 0 Å². The van der Waals surface area contributed by atoms with E-state index in [-0.39, 0.29) is 16.4 Å². The summed E-state index contributed by atoms with van der Waals surface area (Å²) < 4.78 is 46.9. The van der Waals surface area contributed by atoms with Gasteiger partial charge in [-0.05, 0) is 75.6 Å². The van der Waals surface area contributed by atoms with Crippen LogP contribution in [-0.4, -0.2) is 29.7 Å². The minimum absolute atomic E-state index is 0.00290. The zero-order chi connectivity index (χ0) is 24.0. The first-order chi connectivity index (χ1) is 15.8. The Morgan fingerprint density at radius 2 is 1.58 bits per heavy atom. The standard InChI is InChI=1S/C24H20BrNO6S/c1-29-21-10-9-17(14-22(21)30-2)18(15-26)11-16-12-20(25)24(23(13-16)31-3)32-33(27,28)19-7-5-4-6-8-19/h4-14H,1-3H3/b18-11+. The van der Waals surface area contributed by atoms with Crippen molar-refractivity contribution in [2.45, 2.75) is 4.90 Å². The van der Waals surface area contributed by atoms with Gasteiger partial charge in [0.05, 0.1) is 37.4 Å². The first-order valence-corrected chi connectivity index (χ1v) is 11.7. The molecule has 0 atom stereocenters. The molecule has 0 aliphatic carbocycles. The van der Waals surface area contributed by atoms with E-state index in [2.05, 4.69) is 22.0 Å². The highest BCUT2D eigenvalue weighted by atomic mass is 79.9. The largest absolute Gasteiger partial charge is 0.493 e. The van der Waals surface area contributed by atoms with Crippen LogP contribution in [0.5, 0.6) is 23.0 Å². The SMILES string of the molecule is COc1ccc(/C(C#N)=C/c2cc(Br)c(OS(=O)(=O)c3ccccc3)c(OC)c2)cc1OC. The topological polar surface area (TPSA) is 94.9 Å². The van der Waals surface area contributed by atoms with Gasteiger partial charge in [0.25, 0.3) is 0 Å². The van der Waals surface area contributed by atoms with Crippen LogP contribution in [0, 0.1) is 11.3 Å². The summed E-state index contributed by atoms with van der Waals surface area (Å²) in [5, 5.41) is 9.72. The van der Waals surface area contributed by atoms with Crippen LogP contribution in [-0.2, 0) is 10.1 Å². The molecular weight excluding hydrogens is 510 g/mol. The van der Waals surface area contributed by atoms with E-state index in [0.29, 0.717) is 32.7 Å². The number of halogens is 1. The van der Waals surface area contributed by atoms with E-state index in [0.717, 1.165) is 0 Å². The number of methoxy groups -OCH3 is 3. The molecule has 3 aromatic rings. The molecular formula is C24H20BrNO6S. The minimum atomic E-state index is -4.07. The van der Waals surface area contributed by atoms with Crippen molar-refractivity contribution in [3.8, 4) is 29.1 Å². The fourth-order valence-electron chi connectivity index (χ4n) is 3.00. The molecule has 0 aliphatic rings. The molecule has 0 radical (unpaired) electrons. The van der Waals surface area contributed by atoms with Crippen LogP contribution in [0.4, 0.5) is 0 Å². The summed E-state index contributed by atoms with van der Waals surface area (Å²) in [6.07, 6.45) is 1.64. The number of nitriles is 1. The van der Waals surface area contributed by atoms with Crippen LogP contribution in [0.15, 0.2) is 70.0 Å². The van der Waals surface area contributed by atoms with Gasteiger partial charge in [-0.3, -0.25) is 0 Å². The van der Waals surface area contributed by atoms with Crippen molar-refractivity contribution in [2.75, 3.05) is 21.3 Å². The normalized spacial score (nSPS) is 11.4. The maximum atomic E-state index is 12.7. The Kier molecular flexibility index (Phi) is 7.63. The first-order valence-electron chi connectivity index (χ1n) is 9.54. The Morgan fingerprint density at radius 3 is 2.18 bits per heavy atom. The molecule has 3 aromatic carbocycles. The molecule has 0 amide bonds. The fourth-order valence-corrected chi connectivity index (χ4v) is 4.63. The molecule has 33 heavy (non-hydrogen) atoms. The molecule has 0 unspecified atom stereocenters. The van der Waals surface area contributed by atoms with Gasteiger partial charge in [0.1, 0.15) is 4.90 Å². The van der Waals surface area contributed by atoms with Gasteiger partial charge in [-0.25, -0.2) is 0 Å². The smallest absolute Gasteiger partial charge is 0.339 e. The molecule has 0 spiro atoms. The zero-order valence-corrected chi connectivity index (χ0v) is 20.4. The maximum Gasteiger partial charge on any atom is 0.339 e. The summed E-state index contributed by atoms with van der Waals surface area (Å²) in [5.74, 6) is 1.22. The van der Waals surface area contributed by atoms with Crippen LogP contribution < -0.4 is 18.4 Å². The molecule has 0 aromatic heterocycles.